The highest BCUT2D eigenvalue weighted by Gasteiger charge is 2.21. The molecule has 1 atom stereocenters. The zero-order chi connectivity index (χ0) is 16.2. The second-order valence-electron chi connectivity index (χ2n) is 6.73. The Labute approximate surface area is 138 Å². The first-order chi connectivity index (χ1) is 11.1. The maximum absolute atomic E-state index is 9.67. The van der Waals surface area contributed by atoms with E-state index in [2.05, 4.69) is 30.1 Å². The number of hydrogen-bond acceptors (Lipinski definition) is 3. The number of fused-ring (bicyclic) bond motifs is 1. The van der Waals surface area contributed by atoms with Crippen LogP contribution in [0.25, 0.3) is 0 Å². The lowest BCUT2D eigenvalue weighted by atomic mass is 9.82. The highest BCUT2D eigenvalue weighted by Crippen LogP contribution is 2.33. The van der Waals surface area contributed by atoms with Crippen molar-refractivity contribution in [2.45, 2.75) is 31.6 Å². The van der Waals surface area contributed by atoms with Gasteiger partial charge in [0.15, 0.2) is 0 Å². The molecular weight excluding hydrogens is 284 g/mol. The van der Waals surface area contributed by atoms with Crippen molar-refractivity contribution < 1.29 is 5.11 Å². The zero-order valence-corrected chi connectivity index (χ0v) is 13.8. The summed E-state index contributed by atoms with van der Waals surface area (Å²) >= 11 is 0. The third-order valence-electron chi connectivity index (χ3n) is 4.83. The van der Waals surface area contributed by atoms with Gasteiger partial charge in [0.05, 0.1) is 0 Å². The van der Waals surface area contributed by atoms with Gasteiger partial charge in [-0.2, -0.15) is 0 Å². The van der Waals surface area contributed by atoms with E-state index in [0.717, 1.165) is 31.6 Å². The number of nitrogens with two attached hydrogens (primary N) is 1. The van der Waals surface area contributed by atoms with Crippen molar-refractivity contribution in [1.82, 2.24) is 4.90 Å². The van der Waals surface area contributed by atoms with Gasteiger partial charge in [-0.1, -0.05) is 18.2 Å². The van der Waals surface area contributed by atoms with Crippen molar-refractivity contribution >= 4 is 5.69 Å². The number of aryl methyl sites for hydroxylation is 1. The number of hydrogen-bond donors (Lipinski definition) is 2. The third kappa shape index (κ3) is 4.05. The SMILES string of the molecule is CN(CCc1cccc(N)c1)CC1CCCc2cc(O)ccc21. The molecular formula is C20H26N2O. The van der Waals surface area contributed by atoms with E-state index in [1.807, 2.05) is 24.3 Å². The van der Waals surface area contributed by atoms with Crippen LogP contribution in [0.2, 0.25) is 0 Å². The van der Waals surface area contributed by atoms with E-state index in [9.17, 15) is 5.11 Å². The molecule has 0 radical (unpaired) electrons. The maximum Gasteiger partial charge on any atom is 0.115 e. The zero-order valence-electron chi connectivity index (χ0n) is 13.8. The topological polar surface area (TPSA) is 49.5 Å². The molecule has 0 aliphatic heterocycles. The Hall–Kier alpha value is -2.00. The fourth-order valence-corrected chi connectivity index (χ4v) is 3.63. The molecule has 1 aliphatic carbocycles. The van der Waals surface area contributed by atoms with Crippen molar-refractivity contribution in [3.05, 3.63) is 59.2 Å². The minimum atomic E-state index is 0.388. The summed E-state index contributed by atoms with van der Waals surface area (Å²) < 4.78 is 0. The Morgan fingerprint density at radius 1 is 1.22 bits per heavy atom. The number of benzene rings is 2. The molecule has 0 aromatic heterocycles. The molecule has 0 amide bonds. The van der Waals surface area contributed by atoms with Crippen LogP contribution < -0.4 is 5.73 Å². The molecule has 1 aliphatic rings. The van der Waals surface area contributed by atoms with Gasteiger partial charge in [-0.15, -0.1) is 0 Å². The maximum atomic E-state index is 9.67. The first kappa shape index (κ1) is 15.9. The molecule has 3 nitrogen and oxygen atoms in total. The van der Waals surface area contributed by atoms with Crippen molar-refractivity contribution in [2.75, 3.05) is 25.9 Å². The highest BCUT2D eigenvalue weighted by atomic mass is 16.3. The molecule has 3 heteroatoms. The Morgan fingerprint density at radius 3 is 2.91 bits per heavy atom. The van der Waals surface area contributed by atoms with Crippen LogP contribution >= 0.6 is 0 Å². The van der Waals surface area contributed by atoms with Gasteiger partial charge in [0, 0.05) is 18.8 Å². The van der Waals surface area contributed by atoms with Gasteiger partial charge >= 0.3 is 0 Å². The van der Waals surface area contributed by atoms with Crippen LogP contribution in [0.1, 0.15) is 35.4 Å². The summed E-state index contributed by atoms with van der Waals surface area (Å²) in [7, 11) is 2.20. The molecule has 2 aromatic carbocycles. The summed E-state index contributed by atoms with van der Waals surface area (Å²) in [6.45, 7) is 2.10. The molecule has 1 unspecified atom stereocenters. The summed E-state index contributed by atoms with van der Waals surface area (Å²) in [5.41, 5.74) is 10.7. The number of nitrogen functional groups attached to an aromatic ring is 1. The van der Waals surface area contributed by atoms with Gasteiger partial charge in [0.2, 0.25) is 0 Å². The largest absolute Gasteiger partial charge is 0.508 e. The lowest BCUT2D eigenvalue weighted by molar-refractivity contribution is 0.301. The van der Waals surface area contributed by atoms with Crippen LogP contribution in [0.3, 0.4) is 0 Å². The van der Waals surface area contributed by atoms with Gasteiger partial charge in [0.25, 0.3) is 0 Å². The lowest BCUT2D eigenvalue weighted by Crippen LogP contribution is -2.28. The first-order valence-corrected chi connectivity index (χ1v) is 8.46. The standard InChI is InChI=1S/C20H26N2O/c1-22(11-10-15-4-2-7-18(21)12-15)14-17-6-3-5-16-13-19(23)8-9-20(16)17/h2,4,7-9,12-13,17,23H,3,5-6,10-11,14,21H2,1H3. The number of phenolic OH excluding ortho intramolecular Hbond substituents is 1. The van der Waals surface area contributed by atoms with Crippen LogP contribution in [-0.2, 0) is 12.8 Å². The molecule has 23 heavy (non-hydrogen) atoms. The minimum Gasteiger partial charge on any atom is -0.508 e. The number of aromatic hydroxyl groups is 1. The molecule has 0 spiro atoms. The Morgan fingerprint density at radius 2 is 2.09 bits per heavy atom. The van der Waals surface area contributed by atoms with E-state index in [4.69, 9.17) is 5.73 Å². The number of phenols is 1. The fraction of sp³-hybridized carbons (Fsp3) is 0.400. The predicted octanol–water partition coefficient (Wildman–Crippen LogP) is 3.57. The van der Waals surface area contributed by atoms with Crippen LogP contribution in [0.4, 0.5) is 5.69 Å². The summed E-state index contributed by atoms with van der Waals surface area (Å²) in [4.78, 5) is 2.41. The number of likely N-dealkylation sites (N-methyl/N-ethyl adjacent to an activating group) is 1. The Kier molecular flexibility index (Phi) is 4.87. The smallest absolute Gasteiger partial charge is 0.115 e. The summed E-state index contributed by atoms with van der Waals surface area (Å²) in [6.07, 6.45) is 4.56. The van der Waals surface area contributed by atoms with Crippen LogP contribution in [0.15, 0.2) is 42.5 Å². The van der Waals surface area contributed by atoms with E-state index in [1.165, 1.54) is 29.5 Å². The summed E-state index contributed by atoms with van der Waals surface area (Å²) in [5.74, 6) is 0.963. The highest BCUT2D eigenvalue weighted by molar-refractivity contribution is 5.41. The minimum absolute atomic E-state index is 0.388. The number of rotatable bonds is 5. The molecule has 122 valence electrons. The number of anilines is 1. The molecule has 0 fully saturated rings. The predicted molar refractivity (Wildman–Crippen MR) is 95.8 cm³/mol. The van der Waals surface area contributed by atoms with Gasteiger partial charge < -0.3 is 15.7 Å². The van der Waals surface area contributed by atoms with E-state index < -0.39 is 0 Å². The Bertz CT molecular complexity index is 668. The molecule has 3 rings (SSSR count). The van der Waals surface area contributed by atoms with Crippen LogP contribution in [-0.4, -0.2) is 30.1 Å². The van der Waals surface area contributed by atoms with Crippen molar-refractivity contribution in [2.24, 2.45) is 0 Å². The van der Waals surface area contributed by atoms with Gasteiger partial charge in [-0.3, -0.25) is 0 Å². The van der Waals surface area contributed by atoms with Gasteiger partial charge in [-0.25, -0.2) is 0 Å². The van der Waals surface area contributed by atoms with Crippen LogP contribution in [0, 0.1) is 0 Å². The summed E-state index contributed by atoms with van der Waals surface area (Å²) in [5, 5.41) is 9.67. The average Bonchev–Trinajstić information content (AvgIpc) is 2.53. The molecule has 0 heterocycles. The summed E-state index contributed by atoms with van der Waals surface area (Å²) in [6, 6.07) is 14.0. The van der Waals surface area contributed by atoms with Crippen molar-refractivity contribution in [3.8, 4) is 5.75 Å². The second kappa shape index (κ2) is 7.05. The lowest BCUT2D eigenvalue weighted by Gasteiger charge is -2.29. The van der Waals surface area contributed by atoms with Gasteiger partial charge in [-0.05, 0) is 79.6 Å². The Balaban J connectivity index is 1.59. The third-order valence-corrected chi connectivity index (χ3v) is 4.83. The monoisotopic (exact) mass is 310 g/mol. The molecule has 0 saturated carbocycles. The van der Waals surface area contributed by atoms with E-state index >= 15 is 0 Å². The molecule has 3 N–H and O–H groups in total. The van der Waals surface area contributed by atoms with E-state index in [1.54, 1.807) is 0 Å². The quantitative estimate of drug-likeness (QED) is 0.830. The van der Waals surface area contributed by atoms with Crippen molar-refractivity contribution in [1.29, 1.82) is 0 Å². The normalized spacial score (nSPS) is 17.2. The molecule has 0 saturated heterocycles. The van der Waals surface area contributed by atoms with Gasteiger partial charge in [0.1, 0.15) is 5.75 Å². The van der Waals surface area contributed by atoms with E-state index in [0.29, 0.717) is 11.7 Å². The second-order valence-corrected chi connectivity index (χ2v) is 6.73. The fourth-order valence-electron chi connectivity index (χ4n) is 3.63. The molecule has 2 aromatic rings. The average molecular weight is 310 g/mol. The number of nitrogens with zero attached hydrogens (tertiary/aromatic N) is 1. The first-order valence-electron chi connectivity index (χ1n) is 8.46. The molecule has 0 bridgehead atoms. The van der Waals surface area contributed by atoms with Crippen molar-refractivity contribution in [3.63, 3.8) is 0 Å². The van der Waals surface area contributed by atoms with E-state index in [-0.39, 0.29) is 0 Å². The van der Waals surface area contributed by atoms with Crippen LogP contribution in [0.5, 0.6) is 5.75 Å².